The van der Waals surface area contributed by atoms with Gasteiger partial charge in [0.2, 0.25) is 0 Å². The van der Waals surface area contributed by atoms with Crippen molar-refractivity contribution in [1.82, 2.24) is 0 Å². The standard InChI is InChI=1S/C9H16F3N/c1-3-4-5-8(13)6-7(2)9(10,11)12/h3,7-8H,1,4-6,13H2,2H3/t7-,8?/m1/s1. The van der Waals surface area contributed by atoms with Crippen LogP contribution in [0.1, 0.15) is 26.2 Å². The average molecular weight is 195 g/mol. The molecule has 0 radical (unpaired) electrons. The first-order valence-corrected chi connectivity index (χ1v) is 4.31. The van der Waals surface area contributed by atoms with E-state index in [4.69, 9.17) is 5.73 Å². The Hall–Kier alpha value is -0.510. The molecule has 0 aliphatic heterocycles. The van der Waals surface area contributed by atoms with Crippen LogP contribution >= 0.6 is 0 Å². The summed E-state index contributed by atoms with van der Waals surface area (Å²) in [7, 11) is 0. The number of nitrogens with two attached hydrogens (primary N) is 1. The van der Waals surface area contributed by atoms with E-state index in [0.29, 0.717) is 12.8 Å². The van der Waals surface area contributed by atoms with Gasteiger partial charge in [-0.15, -0.1) is 6.58 Å². The maximum atomic E-state index is 12.1. The smallest absolute Gasteiger partial charge is 0.328 e. The first-order chi connectivity index (χ1) is 5.88. The summed E-state index contributed by atoms with van der Waals surface area (Å²) in [4.78, 5) is 0. The second-order valence-electron chi connectivity index (χ2n) is 3.30. The molecule has 78 valence electrons. The summed E-state index contributed by atoms with van der Waals surface area (Å²) in [5.41, 5.74) is 5.51. The molecular weight excluding hydrogens is 179 g/mol. The quantitative estimate of drug-likeness (QED) is 0.671. The summed E-state index contributed by atoms with van der Waals surface area (Å²) in [6, 6.07) is -0.380. The maximum absolute atomic E-state index is 12.1. The SMILES string of the molecule is C=CCCC(N)C[C@@H](C)C(F)(F)F. The van der Waals surface area contributed by atoms with Crippen LogP contribution in [0.25, 0.3) is 0 Å². The van der Waals surface area contributed by atoms with Crippen LogP contribution in [0, 0.1) is 5.92 Å². The number of alkyl halides is 3. The third kappa shape index (κ3) is 5.69. The zero-order chi connectivity index (χ0) is 10.5. The first kappa shape index (κ1) is 12.5. The molecule has 0 saturated heterocycles. The second kappa shape index (κ2) is 5.27. The Morgan fingerprint density at radius 1 is 1.46 bits per heavy atom. The number of allylic oxidation sites excluding steroid dienone is 1. The molecule has 0 spiro atoms. The fourth-order valence-corrected chi connectivity index (χ4v) is 1.04. The summed E-state index contributed by atoms with van der Waals surface area (Å²) in [6.45, 7) is 4.64. The number of hydrogen-bond acceptors (Lipinski definition) is 1. The summed E-state index contributed by atoms with van der Waals surface area (Å²) >= 11 is 0. The van der Waals surface area contributed by atoms with Crippen molar-refractivity contribution >= 4 is 0 Å². The van der Waals surface area contributed by atoms with E-state index in [1.807, 2.05) is 0 Å². The van der Waals surface area contributed by atoms with Crippen molar-refractivity contribution in [3.05, 3.63) is 12.7 Å². The van der Waals surface area contributed by atoms with Crippen LogP contribution in [-0.4, -0.2) is 12.2 Å². The molecule has 0 aliphatic rings. The van der Waals surface area contributed by atoms with Crippen molar-refractivity contribution in [2.45, 2.75) is 38.4 Å². The summed E-state index contributed by atoms with van der Waals surface area (Å²) in [6.07, 6.45) is -1.21. The highest BCUT2D eigenvalue weighted by molar-refractivity contribution is 4.75. The normalized spacial score (nSPS) is 16.7. The van der Waals surface area contributed by atoms with Crippen LogP contribution in [0.5, 0.6) is 0 Å². The third-order valence-corrected chi connectivity index (χ3v) is 1.96. The molecule has 2 atom stereocenters. The van der Waals surface area contributed by atoms with Crippen LogP contribution in [0.15, 0.2) is 12.7 Å². The lowest BCUT2D eigenvalue weighted by molar-refractivity contribution is -0.172. The van der Waals surface area contributed by atoms with Gasteiger partial charge in [-0.05, 0) is 19.3 Å². The molecule has 0 saturated carbocycles. The lowest BCUT2D eigenvalue weighted by atomic mass is 9.99. The number of halogens is 3. The molecule has 0 heterocycles. The molecule has 1 unspecified atom stereocenters. The van der Waals surface area contributed by atoms with Crippen molar-refractivity contribution in [2.75, 3.05) is 0 Å². The van der Waals surface area contributed by atoms with E-state index in [9.17, 15) is 13.2 Å². The van der Waals surface area contributed by atoms with Gasteiger partial charge >= 0.3 is 6.18 Å². The van der Waals surface area contributed by atoms with Gasteiger partial charge in [0.1, 0.15) is 0 Å². The average Bonchev–Trinajstić information content (AvgIpc) is 1.99. The minimum atomic E-state index is -4.12. The Morgan fingerprint density at radius 2 is 2.00 bits per heavy atom. The Morgan fingerprint density at radius 3 is 2.38 bits per heavy atom. The van der Waals surface area contributed by atoms with Crippen LogP contribution < -0.4 is 5.73 Å². The predicted molar refractivity (Wildman–Crippen MR) is 47.2 cm³/mol. The van der Waals surface area contributed by atoms with E-state index < -0.39 is 12.1 Å². The van der Waals surface area contributed by atoms with Gasteiger partial charge in [0.05, 0.1) is 5.92 Å². The molecule has 0 bridgehead atoms. The van der Waals surface area contributed by atoms with Crippen molar-refractivity contribution in [1.29, 1.82) is 0 Å². The van der Waals surface area contributed by atoms with Crippen LogP contribution in [0.2, 0.25) is 0 Å². The summed E-state index contributed by atoms with van der Waals surface area (Å²) in [5, 5.41) is 0. The Labute approximate surface area is 76.8 Å². The highest BCUT2D eigenvalue weighted by atomic mass is 19.4. The predicted octanol–water partition coefficient (Wildman–Crippen LogP) is 2.87. The number of hydrogen-bond donors (Lipinski definition) is 1. The van der Waals surface area contributed by atoms with Crippen LogP contribution in [-0.2, 0) is 0 Å². The molecule has 0 fully saturated rings. The minimum Gasteiger partial charge on any atom is -0.328 e. The molecule has 0 aromatic rings. The van der Waals surface area contributed by atoms with E-state index >= 15 is 0 Å². The molecule has 0 amide bonds. The molecular formula is C9H16F3N. The van der Waals surface area contributed by atoms with Crippen molar-refractivity contribution < 1.29 is 13.2 Å². The maximum Gasteiger partial charge on any atom is 0.391 e. The molecule has 2 N–H and O–H groups in total. The lowest BCUT2D eigenvalue weighted by Crippen LogP contribution is -2.29. The van der Waals surface area contributed by atoms with Crippen molar-refractivity contribution in [2.24, 2.45) is 11.7 Å². The van der Waals surface area contributed by atoms with Gasteiger partial charge < -0.3 is 5.73 Å². The van der Waals surface area contributed by atoms with Gasteiger partial charge in [-0.3, -0.25) is 0 Å². The first-order valence-electron chi connectivity index (χ1n) is 4.31. The second-order valence-corrected chi connectivity index (χ2v) is 3.30. The molecule has 0 aromatic heterocycles. The monoisotopic (exact) mass is 195 g/mol. The van der Waals surface area contributed by atoms with E-state index in [-0.39, 0.29) is 12.5 Å². The molecule has 1 nitrogen and oxygen atoms in total. The minimum absolute atomic E-state index is 0.00264. The van der Waals surface area contributed by atoms with Gasteiger partial charge in [0.25, 0.3) is 0 Å². The Kier molecular flexibility index (Phi) is 5.06. The van der Waals surface area contributed by atoms with E-state index in [2.05, 4.69) is 6.58 Å². The highest BCUT2D eigenvalue weighted by Crippen LogP contribution is 2.29. The van der Waals surface area contributed by atoms with Crippen molar-refractivity contribution in [3.63, 3.8) is 0 Å². The molecule has 0 rings (SSSR count). The summed E-state index contributed by atoms with van der Waals surface area (Å²) in [5.74, 6) is -1.31. The van der Waals surface area contributed by atoms with Gasteiger partial charge in [-0.2, -0.15) is 13.2 Å². The van der Waals surface area contributed by atoms with Crippen LogP contribution in [0.4, 0.5) is 13.2 Å². The fourth-order valence-electron chi connectivity index (χ4n) is 1.04. The molecule has 13 heavy (non-hydrogen) atoms. The zero-order valence-corrected chi connectivity index (χ0v) is 7.77. The Bertz CT molecular complexity index is 153. The van der Waals surface area contributed by atoms with E-state index in [1.165, 1.54) is 0 Å². The zero-order valence-electron chi connectivity index (χ0n) is 7.77. The van der Waals surface area contributed by atoms with E-state index in [1.54, 1.807) is 6.08 Å². The molecule has 0 aromatic carbocycles. The fraction of sp³-hybridized carbons (Fsp3) is 0.778. The van der Waals surface area contributed by atoms with Gasteiger partial charge in [-0.1, -0.05) is 13.0 Å². The number of rotatable bonds is 5. The van der Waals surface area contributed by atoms with Crippen molar-refractivity contribution in [3.8, 4) is 0 Å². The highest BCUT2D eigenvalue weighted by Gasteiger charge is 2.36. The van der Waals surface area contributed by atoms with Gasteiger partial charge in [0, 0.05) is 6.04 Å². The van der Waals surface area contributed by atoms with Crippen LogP contribution in [0.3, 0.4) is 0 Å². The van der Waals surface area contributed by atoms with Gasteiger partial charge in [-0.25, -0.2) is 0 Å². The van der Waals surface area contributed by atoms with E-state index in [0.717, 1.165) is 6.92 Å². The molecule has 0 aliphatic carbocycles. The summed E-state index contributed by atoms with van der Waals surface area (Å²) < 4.78 is 36.2. The lowest BCUT2D eigenvalue weighted by Gasteiger charge is -2.19. The van der Waals surface area contributed by atoms with Gasteiger partial charge in [0.15, 0.2) is 0 Å². The largest absolute Gasteiger partial charge is 0.391 e. The molecule has 4 heteroatoms. The topological polar surface area (TPSA) is 26.0 Å². The Balaban J connectivity index is 3.77. The third-order valence-electron chi connectivity index (χ3n) is 1.96.